The minimum atomic E-state index is -0.580. The van der Waals surface area contributed by atoms with E-state index < -0.39 is 11.9 Å². The SMILES string of the molecule is CCOC(=O)CC(=O)Nc1ccccc1C(=O)N(C)C1CCCCC1. The van der Waals surface area contributed by atoms with Gasteiger partial charge < -0.3 is 15.0 Å². The van der Waals surface area contributed by atoms with Crippen LogP contribution < -0.4 is 5.32 Å². The van der Waals surface area contributed by atoms with Gasteiger partial charge in [0.05, 0.1) is 17.9 Å². The lowest BCUT2D eigenvalue weighted by Crippen LogP contribution is -2.38. The number of anilines is 1. The molecule has 1 aliphatic rings. The molecule has 0 saturated heterocycles. The number of ether oxygens (including phenoxy) is 1. The van der Waals surface area contributed by atoms with E-state index in [9.17, 15) is 14.4 Å². The largest absolute Gasteiger partial charge is 0.466 e. The Bertz CT molecular complexity index is 624. The van der Waals surface area contributed by atoms with E-state index in [0.717, 1.165) is 25.7 Å². The number of esters is 1. The quantitative estimate of drug-likeness (QED) is 0.635. The predicted molar refractivity (Wildman–Crippen MR) is 95.3 cm³/mol. The molecule has 2 rings (SSSR count). The fourth-order valence-corrected chi connectivity index (χ4v) is 3.14. The molecule has 0 atom stereocenters. The second-order valence-electron chi connectivity index (χ2n) is 6.28. The molecule has 6 nitrogen and oxygen atoms in total. The van der Waals surface area contributed by atoms with Crippen LogP contribution in [-0.4, -0.2) is 42.4 Å². The molecule has 0 aliphatic heterocycles. The number of benzene rings is 1. The number of amides is 2. The Morgan fingerprint density at radius 3 is 2.52 bits per heavy atom. The highest BCUT2D eigenvalue weighted by molar-refractivity contribution is 6.07. The van der Waals surface area contributed by atoms with Crippen LogP contribution in [0.25, 0.3) is 0 Å². The smallest absolute Gasteiger partial charge is 0.315 e. The highest BCUT2D eigenvalue weighted by atomic mass is 16.5. The average molecular weight is 346 g/mol. The first kappa shape index (κ1) is 19.0. The second kappa shape index (κ2) is 9.20. The van der Waals surface area contributed by atoms with Crippen LogP contribution in [0, 0.1) is 0 Å². The van der Waals surface area contributed by atoms with Gasteiger partial charge in [-0.15, -0.1) is 0 Å². The summed E-state index contributed by atoms with van der Waals surface area (Å²) in [4.78, 5) is 38.1. The third-order valence-electron chi connectivity index (χ3n) is 4.48. The van der Waals surface area contributed by atoms with Crippen molar-refractivity contribution in [2.75, 3.05) is 19.0 Å². The van der Waals surface area contributed by atoms with Crippen LogP contribution in [0.4, 0.5) is 5.69 Å². The summed E-state index contributed by atoms with van der Waals surface area (Å²) in [6, 6.07) is 7.12. The molecule has 1 saturated carbocycles. The van der Waals surface area contributed by atoms with Crippen molar-refractivity contribution in [2.24, 2.45) is 0 Å². The van der Waals surface area contributed by atoms with Gasteiger partial charge in [-0.3, -0.25) is 14.4 Å². The van der Waals surface area contributed by atoms with Crippen molar-refractivity contribution >= 4 is 23.5 Å². The molecule has 0 spiro atoms. The van der Waals surface area contributed by atoms with Crippen LogP contribution in [-0.2, 0) is 14.3 Å². The minimum absolute atomic E-state index is 0.112. The van der Waals surface area contributed by atoms with Crippen LogP contribution in [0.5, 0.6) is 0 Å². The molecule has 0 radical (unpaired) electrons. The van der Waals surface area contributed by atoms with Crippen LogP contribution in [0.15, 0.2) is 24.3 Å². The van der Waals surface area contributed by atoms with Crippen LogP contribution >= 0.6 is 0 Å². The summed E-state index contributed by atoms with van der Waals surface area (Å²) >= 11 is 0. The Kier molecular flexibility index (Phi) is 6.98. The topological polar surface area (TPSA) is 75.7 Å². The summed E-state index contributed by atoms with van der Waals surface area (Å²) in [6.07, 6.45) is 5.16. The molecule has 6 heteroatoms. The van der Waals surface area contributed by atoms with Crippen molar-refractivity contribution in [1.29, 1.82) is 0 Å². The summed E-state index contributed by atoms with van der Waals surface area (Å²) in [5.74, 6) is -1.18. The zero-order valence-electron chi connectivity index (χ0n) is 14.9. The van der Waals surface area contributed by atoms with Gasteiger partial charge in [0.1, 0.15) is 6.42 Å². The van der Waals surface area contributed by atoms with E-state index in [1.54, 1.807) is 36.1 Å². The molecule has 1 fully saturated rings. The van der Waals surface area contributed by atoms with Crippen molar-refractivity contribution in [3.63, 3.8) is 0 Å². The van der Waals surface area contributed by atoms with Crippen molar-refractivity contribution in [3.05, 3.63) is 29.8 Å². The van der Waals surface area contributed by atoms with Crippen molar-refractivity contribution < 1.29 is 19.1 Å². The van der Waals surface area contributed by atoms with E-state index in [1.165, 1.54) is 6.42 Å². The second-order valence-corrected chi connectivity index (χ2v) is 6.28. The zero-order chi connectivity index (χ0) is 18.2. The number of carbonyl (C=O) groups excluding carboxylic acids is 3. The number of nitrogens with one attached hydrogen (secondary N) is 1. The zero-order valence-corrected chi connectivity index (χ0v) is 14.9. The molecule has 1 aromatic carbocycles. The molecule has 0 bridgehead atoms. The predicted octanol–water partition coefficient (Wildman–Crippen LogP) is 2.98. The number of carbonyl (C=O) groups is 3. The first-order chi connectivity index (χ1) is 12.0. The molecule has 0 heterocycles. The molecule has 2 amide bonds. The molecule has 136 valence electrons. The maximum Gasteiger partial charge on any atom is 0.315 e. The van der Waals surface area contributed by atoms with Crippen molar-refractivity contribution in [1.82, 2.24) is 4.90 Å². The first-order valence-corrected chi connectivity index (χ1v) is 8.84. The number of rotatable bonds is 6. The Balaban J connectivity index is 2.07. The summed E-state index contributed by atoms with van der Waals surface area (Å²) in [5, 5.41) is 2.65. The lowest BCUT2D eigenvalue weighted by atomic mass is 9.94. The molecule has 25 heavy (non-hydrogen) atoms. The number of para-hydroxylation sites is 1. The lowest BCUT2D eigenvalue weighted by Gasteiger charge is -2.31. The highest BCUT2D eigenvalue weighted by Gasteiger charge is 2.25. The molecule has 1 aromatic rings. The third-order valence-corrected chi connectivity index (χ3v) is 4.48. The van der Waals surface area contributed by atoms with Gasteiger partial charge in [-0.2, -0.15) is 0 Å². The molecule has 1 aliphatic carbocycles. The van der Waals surface area contributed by atoms with Gasteiger partial charge in [0.25, 0.3) is 5.91 Å². The van der Waals surface area contributed by atoms with Gasteiger partial charge in [0.15, 0.2) is 0 Å². The minimum Gasteiger partial charge on any atom is -0.466 e. The highest BCUT2D eigenvalue weighted by Crippen LogP contribution is 2.25. The monoisotopic (exact) mass is 346 g/mol. The van der Waals surface area contributed by atoms with Gasteiger partial charge in [0, 0.05) is 13.1 Å². The first-order valence-electron chi connectivity index (χ1n) is 8.84. The van der Waals surface area contributed by atoms with E-state index in [-0.39, 0.29) is 25.0 Å². The van der Waals surface area contributed by atoms with E-state index in [2.05, 4.69) is 5.32 Å². The average Bonchev–Trinajstić information content (AvgIpc) is 2.61. The summed E-state index contributed by atoms with van der Waals surface area (Å²) in [5.41, 5.74) is 0.859. The summed E-state index contributed by atoms with van der Waals surface area (Å²) < 4.78 is 4.77. The van der Waals surface area contributed by atoms with E-state index in [1.807, 2.05) is 7.05 Å². The van der Waals surface area contributed by atoms with Crippen LogP contribution in [0.2, 0.25) is 0 Å². The van der Waals surface area contributed by atoms with E-state index >= 15 is 0 Å². The van der Waals surface area contributed by atoms with Crippen molar-refractivity contribution in [2.45, 2.75) is 51.5 Å². The maximum atomic E-state index is 12.9. The van der Waals surface area contributed by atoms with Gasteiger partial charge in [-0.25, -0.2) is 0 Å². The molecule has 0 unspecified atom stereocenters. The van der Waals surface area contributed by atoms with Gasteiger partial charge >= 0.3 is 5.97 Å². The normalized spacial score (nSPS) is 14.6. The Hall–Kier alpha value is -2.37. The van der Waals surface area contributed by atoms with E-state index in [4.69, 9.17) is 4.74 Å². The fourth-order valence-electron chi connectivity index (χ4n) is 3.14. The van der Waals surface area contributed by atoms with Crippen molar-refractivity contribution in [3.8, 4) is 0 Å². The number of hydrogen-bond donors (Lipinski definition) is 1. The molecule has 0 aromatic heterocycles. The third kappa shape index (κ3) is 5.31. The van der Waals surface area contributed by atoms with Crippen LogP contribution in [0.1, 0.15) is 55.8 Å². The lowest BCUT2D eigenvalue weighted by molar-refractivity contribution is -0.145. The maximum absolute atomic E-state index is 12.9. The Labute approximate surface area is 148 Å². The van der Waals surface area contributed by atoms with Gasteiger partial charge in [-0.1, -0.05) is 31.4 Å². The Morgan fingerprint density at radius 1 is 1.16 bits per heavy atom. The fraction of sp³-hybridized carbons (Fsp3) is 0.526. The van der Waals surface area contributed by atoms with Gasteiger partial charge in [-0.05, 0) is 31.9 Å². The number of nitrogens with zero attached hydrogens (tertiary/aromatic N) is 1. The number of hydrogen-bond acceptors (Lipinski definition) is 4. The standard InChI is InChI=1S/C19H26N2O4/c1-3-25-18(23)13-17(22)20-16-12-8-7-11-15(16)19(24)21(2)14-9-5-4-6-10-14/h7-8,11-12,14H,3-6,9-10,13H2,1-2H3,(H,20,22). The summed E-state index contributed by atoms with van der Waals surface area (Å²) in [7, 11) is 1.82. The molecular weight excluding hydrogens is 320 g/mol. The Morgan fingerprint density at radius 2 is 1.84 bits per heavy atom. The summed E-state index contributed by atoms with van der Waals surface area (Å²) in [6.45, 7) is 1.91. The van der Waals surface area contributed by atoms with Gasteiger partial charge in [0.2, 0.25) is 5.91 Å². The van der Waals surface area contributed by atoms with E-state index in [0.29, 0.717) is 11.3 Å². The molecular formula is C19H26N2O4. The van der Waals surface area contributed by atoms with Crippen LogP contribution in [0.3, 0.4) is 0 Å². The molecule has 1 N–H and O–H groups in total.